The lowest BCUT2D eigenvalue weighted by Crippen LogP contribution is -2.21. The summed E-state index contributed by atoms with van der Waals surface area (Å²) < 4.78 is 17.2. The van der Waals surface area contributed by atoms with Crippen LogP contribution in [0.1, 0.15) is 42.4 Å². The van der Waals surface area contributed by atoms with Crippen LogP contribution in [0.25, 0.3) is 10.8 Å². The summed E-state index contributed by atoms with van der Waals surface area (Å²) in [5.74, 6) is 0.819. The van der Waals surface area contributed by atoms with E-state index in [0.29, 0.717) is 23.7 Å². The summed E-state index contributed by atoms with van der Waals surface area (Å²) in [6.07, 6.45) is 2.18. The molecule has 0 spiro atoms. The lowest BCUT2D eigenvalue weighted by atomic mass is 9.83. The highest BCUT2D eigenvalue weighted by molar-refractivity contribution is 5.89. The maximum Gasteiger partial charge on any atom is 0.315 e. The first-order valence-electron chi connectivity index (χ1n) is 12.7. The molecule has 4 aromatic rings. The van der Waals surface area contributed by atoms with Crippen LogP contribution in [-0.2, 0) is 11.2 Å². The highest BCUT2D eigenvalue weighted by atomic mass is 16.5. The van der Waals surface area contributed by atoms with Crippen LogP contribution < -0.4 is 19.9 Å². The van der Waals surface area contributed by atoms with Crippen LogP contribution in [0.5, 0.6) is 17.2 Å². The van der Waals surface area contributed by atoms with E-state index in [1.807, 2.05) is 72.8 Å². The number of carbonyl (C=O) groups is 1. The summed E-state index contributed by atoms with van der Waals surface area (Å²) in [6.45, 7) is 2.78. The van der Waals surface area contributed by atoms with Gasteiger partial charge in [-0.05, 0) is 46.5 Å². The van der Waals surface area contributed by atoms with E-state index < -0.39 is 5.92 Å². The highest BCUT2D eigenvalue weighted by Gasteiger charge is 2.31. The predicted molar refractivity (Wildman–Crippen MR) is 146 cm³/mol. The number of nitrogens with two attached hydrogens (primary N) is 1. The number of nitriles is 1. The SMILES string of the molecule is CCCCOc1ccc(C2C(C#N)=C(N)Oc3cc(OC(=O)Cc4cccc5ccccc45)ccc32)cc1. The first-order valence-corrected chi connectivity index (χ1v) is 12.7. The summed E-state index contributed by atoms with van der Waals surface area (Å²) in [6, 6.07) is 28.9. The molecule has 0 aliphatic carbocycles. The molecule has 1 aliphatic rings. The maximum atomic E-state index is 12.8. The Morgan fingerprint density at radius 2 is 1.76 bits per heavy atom. The third-order valence-electron chi connectivity index (χ3n) is 6.62. The molecule has 0 amide bonds. The Bertz CT molecular complexity index is 1550. The van der Waals surface area contributed by atoms with Gasteiger partial charge in [0.25, 0.3) is 0 Å². The Hall–Kier alpha value is -4.76. The molecular formula is C32H28N2O4. The topological polar surface area (TPSA) is 94.6 Å². The van der Waals surface area contributed by atoms with Gasteiger partial charge in [-0.25, -0.2) is 0 Å². The molecule has 2 N–H and O–H groups in total. The van der Waals surface area contributed by atoms with Crippen LogP contribution >= 0.6 is 0 Å². The van der Waals surface area contributed by atoms with Crippen molar-refractivity contribution in [1.29, 1.82) is 5.26 Å². The molecule has 6 nitrogen and oxygen atoms in total. The number of allylic oxidation sites excluding steroid dienone is 1. The molecule has 0 saturated carbocycles. The molecule has 1 aliphatic heterocycles. The molecule has 5 rings (SSSR count). The number of esters is 1. The Morgan fingerprint density at radius 3 is 2.55 bits per heavy atom. The smallest absolute Gasteiger partial charge is 0.315 e. The van der Waals surface area contributed by atoms with Crippen molar-refractivity contribution in [2.75, 3.05) is 6.61 Å². The van der Waals surface area contributed by atoms with Gasteiger partial charge in [0.15, 0.2) is 0 Å². The van der Waals surface area contributed by atoms with Crippen molar-refractivity contribution in [1.82, 2.24) is 0 Å². The van der Waals surface area contributed by atoms with Gasteiger partial charge in [-0.2, -0.15) is 5.26 Å². The third-order valence-corrected chi connectivity index (χ3v) is 6.62. The van der Waals surface area contributed by atoms with E-state index in [0.717, 1.165) is 46.1 Å². The van der Waals surface area contributed by atoms with E-state index in [4.69, 9.17) is 19.9 Å². The second-order valence-corrected chi connectivity index (χ2v) is 9.18. The number of hydrogen-bond donors (Lipinski definition) is 1. The first-order chi connectivity index (χ1) is 18.6. The monoisotopic (exact) mass is 504 g/mol. The van der Waals surface area contributed by atoms with Crippen molar-refractivity contribution >= 4 is 16.7 Å². The van der Waals surface area contributed by atoms with E-state index in [2.05, 4.69) is 13.0 Å². The lowest BCUT2D eigenvalue weighted by molar-refractivity contribution is -0.133. The minimum absolute atomic E-state index is 0.0347. The van der Waals surface area contributed by atoms with Gasteiger partial charge in [0.2, 0.25) is 5.88 Å². The van der Waals surface area contributed by atoms with Crippen LogP contribution in [0.4, 0.5) is 0 Å². The molecule has 0 fully saturated rings. The third kappa shape index (κ3) is 5.18. The van der Waals surface area contributed by atoms with Gasteiger partial charge in [0, 0.05) is 11.6 Å². The van der Waals surface area contributed by atoms with Gasteiger partial charge in [-0.1, -0.05) is 74.0 Å². The molecule has 0 saturated heterocycles. The normalized spacial score (nSPS) is 14.4. The van der Waals surface area contributed by atoms with E-state index >= 15 is 0 Å². The lowest BCUT2D eigenvalue weighted by Gasteiger charge is -2.26. The number of unbranched alkanes of at least 4 members (excludes halogenated alkanes) is 1. The van der Waals surface area contributed by atoms with Gasteiger partial charge in [-0.15, -0.1) is 0 Å². The molecule has 4 aromatic carbocycles. The molecule has 38 heavy (non-hydrogen) atoms. The number of carbonyl (C=O) groups excluding carboxylic acids is 1. The van der Waals surface area contributed by atoms with E-state index in [9.17, 15) is 10.1 Å². The van der Waals surface area contributed by atoms with Crippen LogP contribution in [0.2, 0.25) is 0 Å². The molecule has 1 unspecified atom stereocenters. The molecule has 0 bridgehead atoms. The van der Waals surface area contributed by atoms with Crippen molar-refractivity contribution in [2.24, 2.45) is 5.73 Å². The van der Waals surface area contributed by atoms with Crippen molar-refractivity contribution in [3.8, 4) is 23.3 Å². The molecular weight excluding hydrogens is 476 g/mol. The number of fused-ring (bicyclic) bond motifs is 2. The Kier molecular flexibility index (Phi) is 7.28. The number of hydrogen-bond acceptors (Lipinski definition) is 6. The van der Waals surface area contributed by atoms with Gasteiger partial charge in [-0.3, -0.25) is 4.79 Å². The minimum atomic E-state index is -0.408. The maximum absolute atomic E-state index is 12.8. The average molecular weight is 505 g/mol. The standard InChI is InChI=1S/C32H28N2O4/c1-2-3-17-36-24-13-11-22(12-14-24)31-27-16-15-25(19-29(27)38-32(34)28(31)20-33)37-30(35)18-23-9-6-8-21-7-4-5-10-26(21)23/h4-16,19,31H,2-3,17-18,34H2,1H3. The zero-order valence-electron chi connectivity index (χ0n) is 21.1. The first kappa shape index (κ1) is 24.9. The van der Waals surface area contributed by atoms with E-state index in [1.165, 1.54) is 0 Å². The second kappa shape index (κ2) is 11.1. The number of ether oxygens (including phenoxy) is 3. The number of nitrogens with zero attached hydrogens (tertiary/aromatic N) is 1. The fourth-order valence-corrected chi connectivity index (χ4v) is 4.70. The predicted octanol–water partition coefficient (Wildman–Crippen LogP) is 6.38. The van der Waals surface area contributed by atoms with E-state index in [1.54, 1.807) is 12.1 Å². The minimum Gasteiger partial charge on any atom is -0.494 e. The summed E-state index contributed by atoms with van der Waals surface area (Å²) in [4.78, 5) is 12.8. The summed E-state index contributed by atoms with van der Waals surface area (Å²) in [7, 11) is 0. The molecule has 0 aromatic heterocycles. The van der Waals surface area contributed by atoms with Crippen LogP contribution in [0, 0.1) is 11.3 Å². The van der Waals surface area contributed by atoms with Crippen molar-refractivity contribution in [3.63, 3.8) is 0 Å². The zero-order valence-corrected chi connectivity index (χ0v) is 21.1. The largest absolute Gasteiger partial charge is 0.494 e. The van der Waals surface area contributed by atoms with Crippen LogP contribution in [0.15, 0.2) is 96.4 Å². The van der Waals surface area contributed by atoms with Gasteiger partial charge in [0.1, 0.15) is 28.9 Å². The summed E-state index contributed by atoms with van der Waals surface area (Å²) in [5.41, 5.74) is 9.04. The Balaban J connectivity index is 1.37. The zero-order chi connectivity index (χ0) is 26.5. The van der Waals surface area contributed by atoms with Gasteiger partial charge in [0.05, 0.1) is 18.9 Å². The highest BCUT2D eigenvalue weighted by Crippen LogP contribution is 2.43. The fourth-order valence-electron chi connectivity index (χ4n) is 4.70. The van der Waals surface area contributed by atoms with Crippen LogP contribution in [0.3, 0.4) is 0 Å². The quantitative estimate of drug-likeness (QED) is 0.170. The van der Waals surface area contributed by atoms with Gasteiger partial charge >= 0.3 is 5.97 Å². The van der Waals surface area contributed by atoms with Crippen molar-refractivity contribution < 1.29 is 19.0 Å². The molecule has 1 heterocycles. The second-order valence-electron chi connectivity index (χ2n) is 9.18. The Morgan fingerprint density at radius 1 is 1.00 bits per heavy atom. The number of benzene rings is 4. The molecule has 1 atom stereocenters. The van der Waals surface area contributed by atoms with Crippen molar-refractivity contribution in [3.05, 3.63) is 113 Å². The molecule has 190 valence electrons. The summed E-state index contributed by atoms with van der Waals surface area (Å²) in [5, 5.41) is 11.9. The average Bonchev–Trinajstić information content (AvgIpc) is 2.93. The van der Waals surface area contributed by atoms with E-state index in [-0.39, 0.29) is 18.3 Å². The summed E-state index contributed by atoms with van der Waals surface area (Å²) >= 11 is 0. The Labute approximate surface area is 221 Å². The molecule has 6 heteroatoms. The number of rotatable bonds is 8. The fraction of sp³-hybridized carbons (Fsp3) is 0.188. The van der Waals surface area contributed by atoms with Crippen molar-refractivity contribution in [2.45, 2.75) is 32.1 Å². The van der Waals surface area contributed by atoms with Crippen LogP contribution in [-0.4, -0.2) is 12.6 Å². The van der Waals surface area contributed by atoms with Gasteiger partial charge < -0.3 is 19.9 Å². The molecule has 0 radical (unpaired) electrons.